The monoisotopic (exact) mass is 957 g/mol. The molecule has 0 aliphatic heterocycles. The van der Waals surface area contributed by atoms with Crippen LogP contribution in [0.15, 0.2) is 111 Å². The van der Waals surface area contributed by atoms with Crippen molar-refractivity contribution in [2.75, 3.05) is 13.7 Å². The van der Waals surface area contributed by atoms with Gasteiger partial charge >= 0.3 is 10.1 Å². The molecule has 0 unspecified atom stereocenters. The van der Waals surface area contributed by atoms with Gasteiger partial charge in [0.1, 0.15) is 17.2 Å². The van der Waals surface area contributed by atoms with Crippen LogP contribution in [-0.2, 0) is 40.6 Å². The first-order valence-corrected chi connectivity index (χ1v) is 27.6. The number of fused-ring (bicyclic) bond motifs is 5. The Morgan fingerprint density at radius 3 is 2.13 bits per heavy atom. The molecule has 3 atom stereocenters. The van der Waals surface area contributed by atoms with Crippen LogP contribution in [0.2, 0.25) is 25.7 Å². The van der Waals surface area contributed by atoms with Gasteiger partial charge < -0.3 is 14.0 Å². The fraction of sp³-hybridized carbons (Fsp3) is 0.333. The van der Waals surface area contributed by atoms with Gasteiger partial charge in [0.2, 0.25) is 5.78 Å². The summed E-state index contributed by atoms with van der Waals surface area (Å²) in [7, 11) is -8.15. The van der Waals surface area contributed by atoms with Crippen molar-refractivity contribution >= 4 is 66.5 Å². The van der Waals surface area contributed by atoms with Crippen LogP contribution in [0.5, 0.6) is 0 Å². The minimum Gasteiger partial charge on any atom is -0.370 e. The topological polar surface area (TPSA) is 161 Å². The molecule has 62 heavy (non-hydrogen) atoms. The molecule has 0 radical (unpaired) electrons. The molecule has 8 rings (SSSR count). The molecule has 0 N–H and O–H groups in total. The van der Waals surface area contributed by atoms with Crippen LogP contribution in [0.4, 0.5) is 0 Å². The number of benzene rings is 3. The van der Waals surface area contributed by atoms with E-state index in [0.717, 1.165) is 17.2 Å². The molecule has 17 heteroatoms. The lowest BCUT2D eigenvalue weighted by atomic mass is 9.62. The number of halogens is 1. The Morgan fingerprint density at radius 1 is 0.887 bits per heavy atom. The third-order valence-corrected chi connectivity index (χ3v) is 17.0. The van der Waals surface area contributed by atoms with Crippen molar-refractivity contribution in [1.82, 2.24) is 18.5 Å². The lowest BCUT2D eigenvalue weighted by Gasteiger charge is -2.46. The molecular weight excluding hydrogens is 911 g/mol. The number of rotatable bonds is 13. The molecule has 6 aromatic rings. The molecule has 0 spiro atoms. The summed E-state index contributed by atoms with van der Waals surface area (Å²) in [4.78, 5) is 24.7. The zero-order valence-corrected chi connectivity index (χ0v) is 39.8. The third kappa shape index (κ3) is 8.14. The molecule has 13 nitrogen and oxygen atoms in total. The second-order valence-corrected chi connectivity index (χ2v) is 27.3. The highest BCUT2D eigenvalue weighted by Gasteiger charge is 2.56. The molecule has 1 saturated carbocycles. The second-order valence-electron chi connectivity index (χ2n) is 17.5. The van der Waals surface area contributed by atoms with Crippen molar-refractivity contribution in [1.29, 1.82) is 0 Å². The molecule has 2 aliphatic carbocycles. The first-order valence-electron chi connectivity index (χ1n) is 20.3. The predicted octanol–water partition coefficient (Wildman–Crippen LogP) is 9.35. The first kappa shape index (κ1) is 43.8. The van der Waals surface area contributed by atoms with Crippen LogP contribution in [0.25, 0.3) is 33.4 Å². The van der Waals surface area contributed by atoms with Crippen molar-refractivity contribution < 1.29 is 35.4 Å². The van der Waals surface area contributed by atoms with Crippen LogP contribution < -0.4 is 0 Å². The van der Waals surface area contributed by atoms with E-state index in [2.05, 4.69) is 40.7 Å². The molecule has 3 aromatic carbocycles. The zero-order chi connectivity index (χ0) is 44.4. The second kappa shape index (κ2) is 16.4. The quantitative estimate of drug-likeness (QED) is 0.0620. The summed E-state index contributed by atoms with van der Waals surface area (Å²) in [6.45, 7) is 13.2. The number of methoxy groups -OCH3 is 1. The number of aryl methyl sites for hydroxylation is 2. The Balaban J connectivity index is 1.20. The lowest BCUT2D eigenvalue weighted by Crippen LogP contribution is -2.54. The summed E-state index contributed by atoms with van der Waals surface area (Å²) >= 11 is 3.51. The molecule has 324 valence electrons. The van der Waals surface area contributed by atoms with Crippen LogP contribution >= 0.6 is 15.9 Å². The van der Waals surface area contributed by atoms with E-state index in [1.165, 1.54) is 23.2 Å². The zero-order valence-electron chi connectivity index (χ0n) is 35.5. The molecule has 0 amide bonds. The maximum Gasteiger partial charge on any atom is 0.358 e. The highest BCUT2D eigenvalue weighted by Crippen LogP contribution is 2.53. The van der Waals surface area contributed by atoms with Crippen molar-refractivity contribution in [3.63, 3.8) is 0 Å². The van der Waals surface area contributed by atoms with E-state index in [1.54, 1.807) is 61.1 Å². The van der Waals surface area contributed by atoms with Crippen molar-refractivity contribution in [2.24, 2.45) is 11.1 Å². The van der Waals surface area contributed by atoms with Gasteiger partial charge in [0, 0.05) is 67.5 Å². The van der Waals surface area contributed by atoms with Crippen molar-refractivity contribution in [2.45, 2.75) is 87.3 Å². The number of ether oxygens (including phenoxy) is 2. The fourth-order valence-corrected chi connectivity index (χ4v) is 11.5. The summed E-state index contributed by atoms with van der Waals surface area (Å²) in [5.74, 6) is -0.997. The summed E-state index contributed by atoms with van der Waals surface area (Å²) in [6.07, 6.45) is 7.03. The van der Waals surface area contributed by atoms with Crippen molar-refractivity contribution in [3.05, 3.63) is 118 Å². The van der Waals surface area contributed by atoms with E-state index < -0.39 is 33.8 Å². The van der Waals surface area contributed by atoms with Crippen LogP contribution in [-0.4, -0.2) is 74.2 Å². The minimum absolute atomic E-state index is 0.0308. The summed E-state index contributed by atoms with van der Waals surface area (Å²) in [5, 5.41) is 4.89. The third-order valence-electron chi connectivity index (χ3n) is 12.0. The Bertz CT molecular complexity index is 2960. The Hall–Kier alpha value is -4.78. The molecule has 2 bridgehead atoms. The standard InChI is InChI=1S/C45H48BrN5O8S2Si/c1-28-8-13-32(14-9-28)60(53,54)51-26-36(34-17-12-31(46)20-41(34)51)39-23-48-40(24-47-39)37-25-50(27-58-18-19-62(5,6)7)43-42(37)35-21-45(57-4,44(43)52)22-38(30(35)3)49-59-61(55,56)33-15-10-29(2)11-16-33/h8-17,20,23-26,30,35H,18-19,21-22,27H2,1-7H3/b49-38+/t30-,35+,45+/m1/s1. The smallest absolute Gasteiger partial charge is 0.358 e. The largest absolute Gasteiger partial charge is 0.370 e. The first-order chi connectivity index (χ1) is 29.3. The molecule has 1 fully saturated rings. The number of carbonyl (C=O) groups excluding carboxylic acids is 1. The van der Waals surface area contributed by atoms with Gasteiger partial charge in [-0.25, -0.2) is 12.4 Å². The maximum atomic E-state index is 14.8. The summed E-state index contributed by atoms with van der Waals surface area (Å²) < 4.78 is 75.9. The summed E-state index contributed by atoms with van der Waals surface area (Å²) in [6, 6.07) is 19.4. The molecule has 0 saturated heterocycles. The van der Waals surface area contributed by atoms with Gasteiger partial charge in [0.25, 0.3) is 10.0 Å². The number of hydrogen-bond donors (Lipinski definition) is 0. The number of oxime groups is 1. The molecular formula is C45H48BrN5O8S2Si. The van der Waals surface area contributed by atoms with E-state index in [-0.39, 0.29) is 40.6 Å². The average Bonchev–Trinajstić information content (AvgIpc) is 3.81. The van der Waals surface area contributed by atoms with Gasteiger partial charge in [-0.1, -0.05) is 89.1 Å². The van der Waals surface area contributed by atoms with E-state index in [0.29, 0.717) is 67.9 Å². The number of hydrogen-bond acceptors (Lipinski definition) is 11. The van der Waals surface area contributed by atoms with Gasteiger partial charge in [-0.2, -0.15) is 8.42 Å². The Morgan fingerprint density at radius 2 is 1.52 bits per heavy atom. The lowest BCUT2D eigenvalue weighted by molar-refractivity contribution is -0.0168. The minimum atomic E-state index is -4.25. The highest BCUT2D eigenvalue weighted by molar-refractivity contribution is 9.10. The van der Waals surface area contributed by atoms with Gasteiger partial charge in [-0.15, -0.1) is 0 Å². The molecule has 3 aromatic heterocycles. The summed E-state index contributed by atoms with van der Waals surface area (Å²) in [5.41, 5.74) is 4.67. The van der Waals surface area contributed by atoms with Gasteiger partial charge in [0.05, 0.1) is 45.6 Å². The van der Waals surface area contributed by atoms with E-state index in [4.69, 9.17) is 23.7 Å². The van der Waals surface area contributed by atoms with Crippen LogP contribution in [0.1, 0.15) is 52.9 Å². The van der Waals surface area contributed by atoms with Crippen LogP contribution in [0.3, 0.4) is 0 Å². The maximum absolute atomic E-state index is 14.8. The Kier molecular flexibility index (Phi) is 11.6. The molecule has 2 aliphatic rings. The number of nitrogens with zero attached hydrogens (tertiary/aromatic N) is 5. The predicted molar refractivity (Wildman–Crippen MR) is 244 cm³/mol. The van der Waals surface area contributed by atoms with Gasteiger partial charge in [-0.3, -0.25) is 19.0 Å². The fourth-order valence-electron chi connectivity index (χ4n) is 8.29. The van der Waals surface area contributed by atoms with E-state index in [1.807, 2.05) is 43.7 Å². The molecule has 3 heterocycles. The Labute approximate surface area is 371 Å². The van der Waals surface area contributed by atoms with Gasteiger partial charge in [0.15, 0.2) is 0 Å². The van der Waals surface area contributed by atoms with Crippen LogP contribution in [0, 0.1) is 19.8 Å². The van der Waals surface area contributed by atoms with E-state index in [9.17, 15) is 21.6 Å². The number of aromatic nitrogens is 4. The number of ketones is 1. The normalized spacial score (nSPS) is 19.9. The van der Waals surface area contributed by atoms with E-state index >= 15 is 0 Å². The number of Topliss-reactive ketones (excluding diaryl/α,β-unsaturated/α-hetero) is 1. The number of carbonyl (C=O) groups is 1. The SMILES string of the molecule is CO[C@]12C/C(=N\OS(=O)(=O)c3ccc(C)cc3)[C@H](C)[C@H](C1)c1c(-c3cnc(-c4cn(S(=O)(=O)c5ccc(C)cc5)c5cc(Br)ccc45)cn3)cn(COCC[Si](C)(C)C)c1C2=O. The highest BCUT2D eigenvalue weighted by atomic mass is 79.9. The average molecular weight is 959 g/mol. The van der Waals surface area contributed by atoms with Gasteiger partial charge in [-0.05, 0) is 74.2 Å². The van der Waals surface area contributed by atoms with Crippen molar-refractivity contribution in [3.8, 4) is 22.5 Å².